The quantitative estimate of drug-likeness (QED) is 0.868. The highest BCUT2D eigenvalue weighted by Crippen LogP contribution is 2.13. The summed E-state index contributed by atoms with van der Waals surface area (Å²) >= 11 is 3.08. The van der Waals surface area contributed by atoms with Crippen LogP contribution in [-0.2, 0) is 17.6 Å². The van der Waals surface area contributed by atoms with Crippen molar-refractivity contribution in [1.29, 1.82) is 0 Å². The van der Waals surface area contributed by atoms with Gasteiger partial charge >= 0.3 is 0 Å². The predicted octanol–water partition coefficient (Wildman–Crippen LogP) is 2.76. The SMILES string of the molecule is Cc1cccc(CSCC(=O)N=c2sccn2C)c1. The van der Waals surface area contributed by atoms with Crippen LogP contribution in [0.3, 0.4) is 0 Å². The molecule has 1 amide bonds. The number of amides is 1. The Morgan fingerprint density at radius 3 is 3.00 bits per heavy atom. The molecule has 0 saturated heterocycles. The molecule has 100 valence electrons. The molecule has 3 nitrogen and oxygen atoms in total. The summed E-state index contributed by atoms with van der Waals surface area (Å²) in [5, 5.41) is 1.92. The highest BCUT2D eigenvalue weighted by Gasteiger charge is 2.01. The first kappa shape index (κ1) is 14.1. The molecule has 0 aliphatic rings. The van der Waals surface area contributed by atoms with E-state index in [1.54, 1.807) is 11.8 Å². The van der Waals surface area contributed by atoms with Gasteiger partial charge in [-0.3, -0.25) is 4.79 Å². The van der Waals surface area contributed by atoms with Crippen molar-refractivity contribution in [2.75, 3.05) is 5.75 Å². The Hall–Kier alpha value is -1.33. The van der Waals surface area contributed by atoms with Crippen LogP contribution < -0.4 is 4.80 Å². The smallest absolute Gasteiger partial charge is 0.258 e. The summed E-state index contributed by atoms with van der Waals surface area (Å²) in [6.45, 7) is 2.07. The summed E-state index contributed by atoms with van der Waals surface area (Å²) in [5.74, 6) is 1.20. The molecule has 0 atom stereocenters. The second-order valence-corrected chi connectivity index (χ2v) is 6.14. The van der Waals surface area contributed by atoms with E-state index in [0.717, 1.165) is 10.6 Å². The zero-order valence-electron chi connectivity index (χ0n) is 11.0. The van der Waals surface area contributed by atoms with Crippen molar-refractivity contribution in [3.8, 4) is 0 Å². The summed E-state index contributed by atoms with van der Waals surface area (Å²) in [5.41, 5.74) is 2.50. The lowest BCUT2D eigenvalue weighted by molar-refractivity contribution is -0.115. The summed E-state index contributed by atoms with van der Waals surface area (Å²) in [6, 6.07) is 8.35. The third-order valence-electron chi connectivity index (χ3n) is 2.56. The molecular weight excluding hydrogens is 276 g/mol. The van der Waals surface area contributed by atoms with E-state index in [2.05, 4.69) is 30.1 Å². The Morgan fingerprint density at radius 1 is 1.47 bits per heavy atom. The van der Waals surface area contributed by atoms with Crippen molar-refractivity contribution in [3.63, 3.8) is 0 Å². The number of thioether (sulfide) groups is 1. The number of hydrogen-bond acceptors (Lipinski definition) is 3. The number of nitrogens with zero attached hydrogens (tertiary/aromatic N) is 2. The highest BCUT2D eigenvalue weighted by atomic mass is 32.2. The minimum absolute atomic E-state index is 0.0734. The Morgan fingerprint density at radius 2 is 2.32 bits per heavy atom. The highest BCUT2D eigenvalue weighted by molar-refractivity contribution is 7.99. The van der Waals surface area contributed by atoms with Crippen molar-refractivity contribution in [2.45, 2.75) is 12.7 Å². The summed E-state index contributed by atoms with van der Waals surface area (Å²) in [7, 11) is 1.89. The Bertz CT molecular complexity index is 628. The maximum absolute atomic E-state index is 11.7. The van der Waals surface area contributed by atoms with Gasteiger partial charge in [0.2, 0.25) is 0 Å². The van der Waals surface area contributed by atoms with Gasteiger partial charge < -0.3 is 4.57 Å². The maximum atomic E-state index is 11.7. The minimum atomic E-state index is -0.0734. The molecule has 5 heteroatoms. The van der Waals surface area contributed by atoms with E-state index in [4.69, 9.17) is 0 Å². The monoisotopic (exact) mass is 292 g/mol. The van der Waals surface area contributed by atoms with Crippen molar-refractivity contribution in [1.82, 2.24) is 4.57 Å². The molecule has 19 heavy (non-hydrogen) atoms. The first-order valence-corrected chi connectivity index (χ1v) is 7.99. The van der Waals surface area contributed by atoms with Crippen LogP contribution in [0.1, 0.15) is 11.1 Å². The lowest BCUT2D eigenvalue weighted by Gasteiger charge is -2.01. The molecule has 1 aromatic heterocycles. The minimum Gasteiger partial charge on any atom is -0.327 e. The van der Waals surface area contributed by atoms with Crippen LogP contribution in [0, 0.1) is 6.92 Å². The van der Waals surface area contributed by atoms with Gasteiger partial charge in [-0.25, -0.2) is 0 Å². The number of aryl methyl sites for hydroxylation is 2. The van der Waals surface area contributed by atoms with Gasteiger partial charge in [-0.2, -0.15) is 4.99 Å². The standard InChI is InChI=1S/C14H16N2OS2/c1-11-4-3-5-12(8-11)9-18-10-13(17)15-14-16(2)6-7-19-14/h3-8H,9-10H2,1-2H3. The van der Waals surface area contributed by atoms with E-state index < -0.39 is 0 Å². The average Bonchev–Trinajstić information content (AvgIpc) is 2.75. The number of carbonyl (C=O) groups excluding carboxylic acids is 1. The molecule has 0 saturated carbocycles. The fourth-order valence-corrected chi connectivity index (χ4v) is 3.14. The van der Waals surface area contributed by atoms with Gasteiger partial charge in [0, 0.05) is 24.4 Å². The zero-order chi connectivity index (χ0) is 13.7. The first-order chi connectivity index (χ1) is 9.15. The van der Waals surface area contributed by atoms with Crippen LogP contribution >= 0.6 is 23.1 Å². The molecule has 0 aliphatic heterocycles. The molecule has 0 bridgehead atoms. The first-order valence-electron chi connectivity index (χ1n) is 5.96. The van der Waals surface area contributed by atoms with Crippen molar-refractivity contribution >= 4 is 29.0 Å². The average molecular weight is 292 g/mol. The second kappa shape index (κ2) is 6.73. The van der Waals surface area contributed by atoms with Crippen molar-refractivity contribution < 1.29 is 4.79 Å². The number of aromatic nitrogens is 1. The fraction of sp³-hybridized carbons (Fsp3) is 0.286. The van der Waals surface area contributed by atoms with Gasteiger partial charge in [0.25, 0.3) is 5.91 Å². The van der Waals surface area contributed by atoms with Crippen LogP contribution in [-0.4, -0.2) is 16.2 Å². The molecule has 0 unspecified atom stereocenters. The van der Waals surface area contributed by atoms with E-state index in [9.17, 15) is 4.79 Å². The number of hydrogen-bond donors (Lipinski definition) is 0. The number of benzene rings is 1. The summed E-state index contributed by atoms with van der Waals surface area (Å²) < 4.78 is 1.85. The van der Waals surface area contributed by atoms with Crippen LogP contribution in [0.15, 0.2) is 40.8 Å². The predicted molar refractivity (Wildman–Crippen MR) is 81.2 cm³/mol. The second-order valence-electron chi connectivity index (χ2n) is 4.28. The van der Waals surface area contributed by atoms with Crippen molar-refractivity contribution in [3.05, 3.63) is 51.8 Å². The third kappa shape index (κ3) is 4.36. The van der Waals surface area contributed by atoms with Crippen LogP contribution in [0.5, 0.6) is 0 Å². The van der Waals surface area contributed by atoms with E-state index in [-0.39, 0.29) is 5.91 Å². The van der Waals surface area contributed by atoms with E-state index in [0.29, 0.717) is 5.75 Å². The lowest BCUT2D eigenvalue weighted by atomic mass is 10.2. The van der Waals surface area contributed by atoms with E-state index >= 15 is 0 Å². The fourth-order valence-electron chi connectivity index (χ4n) is 1.63. The van der Waals surface area contributed by atoms with Gasteiger partial charge in [-0.1, -0.05) is 29.8 Å². The van der Waals surface area contributed by atoms with Gasteiger partial charge in [0.1, 0.15) is 0 Å². The van der Waals surface area contributed by atoms with Gasteiger partial charge in [-0.05, 0) is 12.5 Å². The van der Waals surface area contributed by atoms with Crippen LogP contribution in [0.2, 0.25) is 0 Å². The molecular formula is C14H16N2OS2. The normalized spacial score (nSPS) is 11.8. The topological polar surface area (TPSA) is 34.4 Å². The van der Waals surface area contributed by atoms with Crippen LogP contribution in [0.4, 0.5) is 0 Å². The largest absolute Gasteiger partial charge is 0.327 e. The molecule has 2 rings (SSSR count). The Kier molecular flexibility index (Phi) is 4.99. The zero-order valence-corrected chi connectivity index (χ0v) is 12.6. The molecule has 0 fully saturated rings. The summed E-state index contributed by atoms with van der Waals surface area (Å²) in [6.07, 6.45) is 1.90. The molecule has 0 aliphatic carbocycles. The number of carbonyl (C=O) groups is 1. The Labute approximate surface area is 121 Å². The number of rotatable bonds is 4. The van der Waals surface area contributed by atoms with Crippen LogP contribution in [0.25, 0.3) is 0 Å². The van der Waals surface area contributed by atoms with Gasteiger partial charge in [0.05, 0.1) is 5.75 Å². The number of thiazole rings is 1. The van der Waals surface area contributed by atoms with Crippen molar-refractivity contribution in [2.24, 2.45) is 12.0 Å². The maximum Gasteiger partial charge on any atom is 0.258 e. The molecule has 1 aromatic carbocycles. The van der Waals surface area contributed by atoms with Gasteiger partial charge in [-0.15, -0.1) is 23.1 Å². The van der Waals surface area contributed by atoms with E-state index in [1.807, 2.05) is 29.3 Å². The Balaban J connectivity index is 1.87. The molecule has 1 heterocycles. The van der Waals surface area contributed by atoms with E-state index in [1.165, 1.54) is 22.5 Å². The molecule has 2 aromatic rings. The molecule has 0 N–H and O–H groups in total. The van der Waals surface area contributed by atoms with Gasteiger partial charge in [0.15, 0.2) is 4.80 Å². The summed E-state index contributed by atoms with van der Waals surface area (Å²) in [4.78, 5) is 16.6. The molecule has 0 radical (unpaired) electrons. The molecule has 0 spiro atoms. The third-order valence-corrected chi connectivity index (χ3v) is 4.39. The lowest BCUT2D eigenvalue weighted by Crippen LogP contribution is -2.13.